The van der Waals surface area contributed by atoms with Gasteiger partial charge in [-0.25, -0.2) is 9.59 Å². The normalized spacial score (nSPS) is 12.5. The first-order valence-corrected chi connectivity index (χ1v) is 26.7. The molecule has 0 saturated heterocycles. The monoisotopic (exact) mass is 1060 g/mol. The number of fused-ring (bicyclic) bond motifs is 9. The highest BCUT2D eigenvalue weighted by molar-refractivity contribution is 6.32. The van der Waals surface area contributed by atoms with E-state index in [-0.39, 0.29) is 35.0 Å². The molecule has 2 bridgehead atoms. The topological polar surface area (TPSA) is 152 Å². The van der Waals surface area contributed by atoms with Crippen molar-refractivity contribution in [3.05, 3.63) is 242 Å². The Bertz CT molecular complexity index is 4080. The molecule has 0 spiro atoms. The third-order valence-corrected chi connectivity index (χ3v) is 16.0. The third-order valence-electron chi connectivity index (χ3n) is 15.7. The van der Waals surface area contributed by atoms with E-state index in [1.807, 2.05) is 142 Å². The van der Waals surface area contributed by atoms with Gasteiger partial charge in [-0.2, -0.15) is 0 Å². The van der Waals surface area contributed by atoms with Crippen LogP contribution in [0.1, 0.15) is 118 Å². The average Bonchev–Trinajstić information content (AvgIpc) is 4.08. The van der Waals surface area contributed by atoms with Crippen molar-refractivity contribution >= 4 is 57.2 Å². The standard InChI is InChI=1S/C67H57ClN4O7/c1-6-59(44-12-8-7-9-13-44)70-65(74)47-23-27-60-53(33-47)38(2)63-57-32-46(22-26-52(57)67(77)78)55-31-42(18-21-49(55)37-72(60)63)30-54-40(4)71(36-41-16-19-43(20-17-41)50-14-10-11-15-51(50)66(75)76)61-28-24-48(34-56(54)61)64(73)69-39(3)45-25-29-62(79-5)58(68)35-45/h7-29,31-35,39,59H,6,30,36-37H2,1-5H3,(H,69,73)(H,70,74)(H,75,76)(H,77,78). The largest absolute Gasteiger partial charge is 0.495 e. The van der Waals surface area contributed by atoms with E-state index in [0.29, 0.717) is 52.5 Å². The zero-order valence-corrected chi connectivity index (χ0v) is 45.1. The molecule has 0 radical (unpaired) electrons. The van der Waals surface area contributed by atoms with Gasteiger partial charge >= 0.3 is 11.9 Å². The summed E-state index contributed by atoms with van der Waals surface area (Å²) in [5.74, 6) is -1.89. The maximum Gasteiger partial charge on any atom is 0.336 e. The molecule has 8 aromatic carbocycles. The summed E-state index contributed by atoms with van der Waals surface area (Å²) < 4.78 is 9.80. The Morgan fingerprint density at radius 3 is 2.00 bits per heavy atom. The van der Waals surface area contributed by atoms with Crippen LogP contribution in [0, 0.1) is 13.8 Å². The maximum atomic E-state index is 14.2. The molecule has 394 valence electrons. The number of aromatic carboxylic acids is 2. The van der Waals surface area contributed by atoms with Gasteiger partial charge in [-0.1, -0.05) is 122 Å². The molecule has 2 aromatic heterocycles. The van der Waals surface area contributed by atoms with E-state index in [9.17, 15) is 29.4 Å². The van der Waals surface area contributed by atoms with E-state index in [1.165, 1.54) is 0 Å². The molecule has 11 rings (SSSR count). The molecule has 3 heterocycles. The number of carboxylic acids is 2. The molecule has 11 nitrogen and oxygen atoms in total. The maximum absolute atomic E-state index is 14.2. The first-order valence-electron chi connectivity index (χ1n) is 26.4. The number of carboxylic acid groups (broad SMARTS) is 2. The minimum atomic E-state index is -1.03. The number of hydrogen-bond donors (Lipinski definition) is 4. The molecule has 2 amide bonds. The van der Waals surface area contributed by atoms with Crippen molar-refractivity contribution in [2.24, 2.45) is 0 Å². The van der Waals surface area contributed by atoms with E-state index in [0.717, 1.165) is 95.2 Å². The number of aryl methyl sites for hydroxylation is 1. The molecule has 0 aliphatic carbocycles. The van der Waals surface area contributed by atoms with Gasteiger partial charge < -0.3 is 34.7 Å². The van der Waals surface area contributed by atoms with Gasteiger partial charge in [-0.3, -0.25) is 9.59 Å². The van der Waals surface area contributed by atoms with Gasteiger partial charge in [0.25, 0.3) is 11.8 Å². The quantitative estimate of drug-likeness (QED) is 0.0798. The number of nitrogens with zero attached hydrogens (tertiary/aromatic N) is 2. The molecule has 2 atom stereocenters. The van der Waals surface area contributed by atoms with E-state index >= 15 is 0 Å². The number of methoxy groups -OCH3 is 1. The summed E-state index contributed by atoms with van der Waals surface area (Å²) >= 11 is 6.48. The van der Waals surface area contributed by atoms with E-state index in [2.05, 4.69) is 44.9 Å². The number of rotatable bonds is 15. The van der Waals surface area contributed by atoms with Crippen LogP contribution in [0.4, 0.5) is 0 Å². The van der Waals surface area contributed by atoms with Crippen molar-refractivity contribution in [2.45, 2.75) is 65.7 Å². The van der Waals surface area contributed by atoms with Crippen LogP contribution in [0.5, 0.6) is 5.75 Å². The highest BCUT2D eigenvalue weighted by atomic mass is 35.5. The van der Waals surface area contributed by atoms with E-state index in [1.54, 1.807) is 37.4 Å². The lowest BCUT2D eigenvalue weighted by Gasteiger charge is -2.22. The number of aromatic nitrogens is 2. The molecule has 12 heteroatoms. The average molecular weight is 1070 g/mol. The third kappa shape index (κ3) is 9.82. The Hall–Kier alpha value is -9.19. The van der Waals surface area contributed by atoms with Gasteiger partial charge in [0.2, 0.25) is 0 Å². The van der Waals surface area contributed by atoms with Gasteiger partial charge in [-0.15, -0.1) is 0 Å². The van der Waals surface area contributed by atoms with Crippen LogP contribution >= 0.6 is 11.6 Å². The van der Waals surface area contributed by atoms with Crippen molar-refractivity contribution in [3.63, 3.8) is 0 Å². The number of nitrogens with one attached hydrogen (secondary N) is 2. The zero-order valence-electron chi connectivity index (χ0n) is 44.4. The second kappa shape index (κ2) is 21.3. The fourth-order valence-electron chi connectivity index (χ4n) is 11.5. The van der Waals surface area contributed by atoms with E-state index in [4.69, 9.17) is 16.3 Å². The minimum Gasteiger partial charge on any atom is -0.495 e. The summed E-state index contributed by atoms with van der Waals surface area (Å²) in [6, 6.07) is 53.5. The first kappa shape index (κ1) is 51.9. The summed E-state index contributed by atoms with van der Waals surface area (Å²) in [7, 11) is 1.56. The molecule has 4 N–H and O–H groups in total. The lowest BCUT2D eigenvalue weighted by molar-refractivity contribution is 0.0687. The number of benzene rings is 8. The molecule has 1 aliphatic rings. The van der Waals surface area contributed by atoms with Crippen LogP contribution in [0.3, 0.4) is 0 Å². The molecule has 0 saturated carbocycles. The number of ether oxygens (including phenoxy) is 1. The van der Waals surface area contributed by atoms with Crippen molar-refractivity contribution in [1.29, 1.82) is 0 Å². The highest BCUT2D eigenvalue weighted by Crippen LogP contribution is 2.42. The summed E-state index contributed by atoms with van der Waals surface area (Å²) in [5.41, 5.74) is 15.9. The van der Waals surface area contributed by atoms with Crippen LogP contribution in [0.25, 0.3) is 55.3 Å². The summed E-state index contributed by atoms with van der Waals surface area (Å²) in [5, 5.41) is 29.2. The Balaban J connectivity index is 0.964. The van der Waals surface area contributed by atoms with Crippen LogP contribution in [0.15, 0.2) is 170 Å². The summed E-state index contributed by atoms with van der Waals surface area (Å²) in [4.78, 5) is 53.2. The van der Waals surface area contributed by atoms with Crippen molar-refractivity contribution in [1.82, 2.24) is 19.8 Å². The number of hydrogen-bond acceptors (Lipinski definition) is 5. The summed E-state index contributed by atoms with van der Waals surface area (Å²) in [6.07, 6.45) is 1.24. The Morgan fingerprint density at radius 2 is 1.29 bits per heavy atom. The fourth-order valence-corrected chi connectivity index (χ4v) is 11.7. The Kier molecular flexibility index (Phi) is 14.0. The SMILES string of the molecule is CCC(NC(=O)c1ccc2c(c1)c(C)c1n2Cc2ccc(Cc3c(C)n(Cc4ccc(-c5ccccc5C(=O)O)cc4)c4ccc(C(=O)NC(C)c5ccc(OC)c(Cl)c5)cc34)cc2-c2ccc(C(=O)O)c-1c2)c1ccccc1. The molecular formula is C67H57ClN4O7. The Morgan fingerprint density at radius 1 is 0.633 bits per heavy atom. The fraction of sp³-hybridized carbons (Fsp3) is 0.164. The molecule has 2 unspecified atom stereocenters. The molecule has 79 heavy (non-hydrogen) atoms. The molecule has 10 aromatic rings. The lowest BCUT2D eigenvalue weighted by atomic mass is 9.89. The van der Waals surface area contributed by atoms with Gasteiger partial charge in [0.05, 0.1) is 41.0 Å². The second-order valence-electron chi connectivity index (χ2n) is 20.4. The smallest absolute Gasteiger partial charge is 0.336 e. The predicted molar refractivity (Wildman–Crippen MR) is 312 cm³/mol. The Labute approximate surface area is 462 Å². The predicted octanol–water partition coefficient (Wildman–Crippen LogP) is 14.6. The zero-order chi connectivity index (χ0) is 55.2. The number of carbonyl (C=O) groups excluding carboxylic acids is 2. The van der Waals surface area contributed by atoms with Crippen LogP contribution in [-0.4, -0.2) is 50.2 Å². The van der Waals surface area contributed by atoms with Crippen molar-refractivity contribution in [2.75, 3.05) is 7.11 Å². The number of carbonyl (C=O) groups is 4. The molecule has 1 aliphatic heterocycles. The number of amides is 2. The summed E-state index contributed by atoms with van der Waals surface area (Å²) in [6.45, 7) is 9.03. The highest BCUT2D eigenvalue weighted by Gasteiger charge is 2.27. The van der Waals surface area contributed by atoms with Gasteiger partial charge in [-0.05, 0) is 162 Å². The molecule has 0 fully saturated rings. The number of halogens is 1. The first-order chi connectivity index (χ1) is 38.2. The minimum absolute atomic E-state index is 0.156. The van der Waals surface area contributed by atoms with Gasteiger partial charge in [0.15, 0.2) is 0 Å². The van der Waals surface area contributed by atoms with Crippen molar-refractivity contribution in [3.8, 4) is 39.3 Å². The second-order valence-corrected chi connectivity index (χ2v) is 20.8. The van der Waals surface area contributed by atoms with E-state index < -0.39 is 11.9 Å². The van der Waals surface area contributed by atoms with Crippen LogP contribution < -0.4 is 15.4 Å². The van der Waals surface area contributed by atoms with Crippen LogP contribution in [-0.2, 0) is 19.5 Å². The molecular weight excluding hydrogens is 1010 g/mol. The van der Waals surface area contributed by atoms with Crippen molar-refractivity contribution < 1.29 is 34.1 Å². The van der Waals surface area contributed by atoms with Gasteiger partial charge in [0.1, 0.15) is 5.75 Å². The van der Waals surface area contributed by atoms with Crippen LogP contribution in [0.2, 0.25) is 5.02 Å². The van der Waals surface area contributed by atoms with Gasteiger partial charge in [0, 0.05) is 57.3 Å². The lowest BCUT2D eigenvalue weighted by Crippen LogP contribution is -2.28.